The van der Waals surface area contributed by atoms with Crippen molar-refractivity contribution in [2.24, 2.45) is 0 Å². The van der Waals surface area contributed by atoms with Crippen LogP contribution in [0.3, 0.4) is 0 Å². The Labute approximate surface area is 202 Å². The van der Waals surface area contributed by atoms with Gasteiger partial charge in [0.1, 0.15) is 11.9 Å². The quantitative estimate of drug-likeness (QED) is 0.492. The van der Waals surface area contributed by atoms with E-state index in [9.17, 15) is 22.4 Å². The van der Waals surface area contributed by atoms with E-state index in [4.69, 9.17) is 0 Å². The number of halogens is 1. The van der Waals surface area contributed by atoms with Crippen molar-refractivity contribution in [3.63, 3.8) is 0 Å². The highest BCUT2D eigenvalue weighted by Gasteiger charge is 2.27. The lowest BCUT2D eigenvalue weighted by molar-refractivity contribution is -0.141. The fourth-order valence-corrected chi connectivity index (χ4v) is 4.55. The molecule has 0 radical (unpaired) electrons. The van der Waals surface area contributed by atoms with Crippen LogP contribution in [-0.4, -0.2) is 55.1 Å². The minimum absolute atomic E-state index is 0.0328. The van der Waals surface area contributed by atoms with Crippen molar-refractivity contribution in [1.29, 1.82) is 0 Å². The van der Waals surface area contributed by atoms with Crippen molar-refractivity contribution < 1.29 is 22.4 Å². The van der Waals surface area contributed by atoms with E-state index in [1.54, 1.807) is 37.3 Å². The van der Waals surface area contributed by atoms with Crippen LogP contribution in [0.1, 0.15) is 45.6 Å². The van der Waals surface area contributed by atoms with Crippen LogP contribution < -0.4 is 5.32 Å². The molecule has 0 aliphatic carbocycles. The Morgan fingerprint density at radius 1 is 1.03 bits per heavy atom. The van der Waals surface area contributed by atoms with Gasteiger partial charge in [0.05, 0.1) is 4.90 Å². The first-order valence-electron chi connectivity index (χ1n) is 11.4. The number of hydrogen-bond acceptors (Lipinski definition) is 4. The Morgan fingerprint density at radius 3 is 2.24 bits per heavy atom. The first-order chi connectivity index (χ1) is 16.1. The fraction of sp³-hybridized carbons (Fsp3) is 0.440. The molecule has 9 heteroatoms. The molecule has 186 valence electrons. The molecule has 0 unspecified atom stereocenters. The zero-order valence-electron chi connectivity index (χ0n) is 20.2. The van der Waals surface area contributed by atoms with Crippen LogP contribution in [0.15, 0.2) is 59.5 Å². The molecule has 2 amide bonds. The maximum Gasteiger partial charge on any atom is 0.242 e. The van der Waals surface area contributed by atoms with Gasteiger partial charge in [-0.05, 0) is 56.5 Å². The van der Waals surface area contributed by atoms with Gasteiger partial charge in [-0.3, -0.25) is 9.59 Å². The van der Waals surface area contributed by atoms with Crippen LogP contribution in [-0.2, 0) is 26.2 Å². The summed E-state index contributed by atoms with van der Waals surface area (Å²) < 4.78 is 39.9. The predicted molar refractivity (Wildman–Crippen MR) is 130 cm³/mol. The van der Waals surface area contributed by atoms with Crippen LogP contribution in [0.25, 0.3) is 0 Å². The number of amides is 2. The van der Waals surface area contributed by atoms with Gasteiger partial charge in [-0.25, -0.2) is 17.1 Å². The SMILES string of the molecule is CC[C@H](C)NC(=O)[C@@H](C)N(Cc1ccc(F)cc1)C(=O)CCCN(C)S(=O)(=O)c1ccccc1. The predicted octanol–water partition coefficient (Wildman–Crippen LogP) is 3.56. The average molecular weight is 492 g/mol. The van der Waals surface area contributed by atoms with Crippen molar-refractivity contribution in [2.45, 2.75) is 63.6 Å². The van der Waals surface area contributed by atoms with Gasteiger partial charge < -0.3 is 10.2 Å². The number of carbonyl (C=O) groups excluding carboxylic acids is 2. The lowest BCUT2D eigenvalue weighted by Crippen LogP contribution is -2.49. The second-order valence-electron chi connectivity index (χ2n) is 8.39. The summed E-state index contributed by atoms with van der Waals surface area (Å²) in [5.41, 5.74) is 0.696. The Bertz CT molecular complexity index is 1050. The molecule has 0 aliphatic heterocycles. The summed E-state index contributed by atoms with van der Waals surface area (Å²) in [6, 6.07) is 13.1. The molecule has 0 spiro atoms. The molecule has 2 rings (SSSR count). The molecule has 0 heterocycles. The van der Waals surface area contributed by atoms with Gasteiger partial charge in [-0.2, -0.15) is 0 Å². The number of hydrogen-bond donors (Lipinski definition) is 1. The van der Waals surface area contributed by atoms with Crippen LogP contribution in [0.2, 0.25) is 0 Å². The van der Waals surface area contributed by atoms with Gasteiger partial charge in [-0.1, -0.05) is 37.3 Å². The highest BCUT2D eigenvalue weighted by atomic mass is 32.2. The number of nitrogens with one attached hydrogen (secondary N) is 1. The first kappa shape index (κ1) is 27.5. The van der Waals surface area contributed by atoms with Gasteiger partial charge in [0, 0.05) is 32.6 Å². The van der Waals surface area contributed by atoms with Gasteiger partial charge in [0.25, 0.3) is 0 Å². The number of carbonyl (C=O) groups is 2. The van der Waals surface area contributed by atoms with Gasteiger partial charge in [-0.15, -0.1) is 0 Å². The molecule has 2 aromatic carbocycles. The van der Waals surface area contributed by atoms with E-state index in [2.05, 4.69) is 5.32 Å². The summed E-state index contributed by atoms with van der Waals surface area (Å²) in [7, 11) is -2.17. The van der Waals surface area contributed by atoms with E-state index >= 15 is 0 Å². The molecule has 7 nitrogen and oxygen atoms in total. The topological polar surface area (TPSA) is 86.8 Å². The molecular weight excluding hydrogens is 457 g/mol. The maximum atomic E-state index is 13.3. The average Bonchev–Trinajstić information content (AvgIpc) is 2.83. The minimum atomic E-state index is -3.65. The molecule has 0 saturated carbocycles. The monoisotopic (exact) mass is 491 g/mol. The minimum Gasteiger partial charge on any atom is -0.352 e. The van der Waals surface area contributed by atoms with Crippen LogP contribution in [0.5, 0.6) is 0 Å². The Hall–Kier alpha value is -2.78. The molecule has 2 aromatic rings. The number of benzene rings is 2. The van der Waals surface area contributed by atoms with Crippen molar-refractivity contribution >= 4 is 21.8 Å². The smallest absolute Gasteiger partial charge is 0.242 e. The lowest BCUT2D eigenvalue weighted by Gasteiger charge is -2.30. The zero-order chi connectivity index (χ0) is 25.3. The molecule has 2 atom stereocenters. The third-order valence-corrected chi connectivity index (χ3v) is 7.62. The molecule has 0 bridgehead atoms. The third-order valence-electron chi connectivity index (χ3n) is 5.75. The molecule has 0 aromatic heterocycles. The molecule has 34 heavy (non-hydrogen) atoms. The molecule has 0 saturated heterocycles. The number of rotatable bonds is 12. The van der Waals surface area contributed by atoms with Gasteiger partial charge >= 0.3 is 0 Å². The van der Waals surface area contributed by atoms with Crippen LogP contribution in [0.4, 0.5) is 4.39 Å². The van der Waals surface area contributed by atoms with E-state index in [0.717, 1.165) is 6.42 Å². The van der Waals surface area contributed by atoms with E-state index in [1.807, 2.05) is 13.8 Å². The Kier molecular flexibility index (Phi) is 10.2. The lowest BCUT2D eigenvalue weighted by atomic mass is 10.1. The Balaban J connectivity index is 2.08. The van der Waals surface area contributed by atoms with Gasteiger partial charge in [0.15, 0.2) is 0 Å². The second-order valence-corrected chi connectivity index (χ2v) is 10.4. The van der Waals surface area contributed by atoms with Crippen molar-refractivity contribution in [3.8, 4) is 0 Å². The van der Waals surface area contributed by atoms with E-state index < -0.39 is 16.1 Å². The zero-order valence-corrected chi connectivity index (χ0v) is 21.0. The first-order valence-corrected chi connectivity index (χ1v) is 12.9. The summed E-state index contributed by atoms with van der Waals surface area (Å²) >= 11 is 0. The van der Waals surface area contributed by atoms with E-state index in [-0.39, 0.29) is 48.1 Å². The van der Waals surface area contributed by atoms with Gasteiger partial charge in [0.2, 0.25) is 21.8 Å². The summed E-state index contributed by atoms with van der Waals surface area (Å²) in [6.07, 6.45) is 1.12. The second kappa shape index (κ2) is 12.6. The van der Waals surface area contributed by atoms with E-state index in [1.165, 1.54) is 40.5 Å². The summed E-state index contributed by atoms with van der Waals surface area (Å²) in [5, 5.41) is 2.89. The molecule has 0 aliphatic rings. The fourth-order valence-electron chi connectivity index (χ4n) is 3.32. The molecular formula is C25H34FN3O4S. The Morgan fingerprint density at radius 2 is 1.65 bits per heavy atom. The largest absolute Gasteiger partial charge is 0.352 e. The van der Waals surface area contributed by atoms with E-state index in [0.29, 0.717) is 12.0 Å². The summed E-state index contributed by atoms with van der Waals surface area (Å²) in [4.78, 5) is 27.5. The number of sulfonamides is 1. The summed E-state index contributed by atoms with van der Waals surface area (Å²) in [6.45, 7) is 5.80. The van der Waals surface area contributed by atoms with Crippen molar-refractivity contribution in [3.05, 3.63) is 66.0 Å². The van der Waals surface area contributed by atoms with Crippen LogP contribution >= 0.6 is 0 Å². The van der Waals surface area contributed by atoms with Crippen molar-refractivity contribution in [1.82, 2.24) is 14.5 Å². The molecule has 0 fully saturated rings. The highest BCUT2D eigenvalue weighted by Crippen LogP contribution is 2.16. The number of nitrogens with zero attached hydrogens (tertiary/aromatic N) is 2. The summed E-state index contributed by atoms with van der Waals surface area (Å²) in [5.74, 6) is -0.929. The van der Waals surface area contributed by atoms with Crippen LogP contribution in [0, 0.1) is 5.82 Å². The standard InChI is InChI=1S/C25H34FN3O4S/c1-5-19(2)27-25(31)20(3)29(18-21-13-15-22(26)16-14-21)24(30)12-9-17-28(4)34(32,33)23-10-7-6-8-11-23/h6-8,10-11,13-16,19-20H,5,9,12,17-18H2,1-4H3,(H,27,31)/t19-,20+/m0/s1. The highest BCUT2D eigenvalue weighted by molar-refractivity contribution is 7.89. The normalized spacial score (nSPS) is 13.4. The molecule has 1 N–H and O–H groups in total. The maximum absolute atomic E-state index is 13.3. The van der Waals surface area contributed by atoms with Crippen molar-refractivity contribution in [2.75, 3.05) is 13.6 Å². The third kappa shape index (κ3) is 7.63.